The maximum atomic E-state index is 13.0. The second-order valence-electron chi connectivity index (χ2n) is 7.30. The van der Waals surface area contributed by atoms with Crippen LogP contribution in [-0.2, 0) is 6.54 Å². The summed E-state index contributed by atoms with van der Waals surface area (Å²) >= 11 is 0. The van der Waals surface area contributed by atoms with Crippen molar-refractivity contribution in [1.29, 1.82) is 0 Å². The van der Waals surface area contributed by atoms with Gasteiger partial charge in [0.25, 0.3) is 11.9 Å². The molecule has 0 atom stereocenters. The summed E-state index contributed by atoms with van der Waals surface area (Å²) < 4.78 is 7.54. The van der Waals surface area contributed by atoms with Crippen LogP contribution in [0.3, 0.4) is 0 Å². The predicted octanol–water partition coefficient (Wildman–Crippen LogP) is 2.22. The van der Waals surface area contributed by atoms with E-state index in [1.165, 1.54) is 0 Å². The van der Waals surface area contributed by atoms with Crippen LogP contribution < -0.4 is 4.90 Å². The fraction of sp³-hybridized carbons (Fsp3) is 0.286. The largest absolute Gasteiger partial charge is 0.423 e. The number of hydrogen-bond donors (Lipinski definition) is 0. The number of anilines is 1. The summed E-state index contributed by atoms with van der Waals surface area (Å²) in [5, 5.41) is 11.1. The first-order valence-corrected chi connectivity index (χ1v) is 9.96. The first kappa shape index (κ1) is 18.3. The Labute approximate surface area is 172 Å². The van der Waals surface area contributed by atoms with Gasteiger partial charge in [-0.05, 0) is 46.7 Å². The lowest BCUT2D eigenvalue weighted by molar-refractivity contribution is 0.0767. The maximum Gasteiger partial charge on any atom is 0.298 e. The summed E-state index contributed by atoms with van der Waals surface area (Å²) in [4.78, 5) is 21.6. The van der Waals surface area contributed by atoms with E-state index in [0.29, 0.717) is 37.8 Å². The van der Waals surface area contributed by atoms with Gasteiger partial charge >= 0.3 is 0 Å². The minimum absolute atomic E-state index is 0.0448. The molecule has 0 aliphatic carbocycles. The van der Waals surface area contributed by atoms with E-state index in [0.717, 1.165) is 29.6 Å². The number of fused-ring (bicyclic) bond motifs is 1. The number of tetrazole rings is 1. The molecule has 0 spiro atoms. The average Bonchev–Trinajstić information content (AvgIpc) is 3.38. The topological polar surface area (TPSA) is 93.2 Å². The molecule has 2 aromatic heterocycles. The molecule has 30 heavy (non-hydrogen) atoms. The fourth-order valence-electron chi connectivity index (χ4n) is 3.68. The normalized spacial score (nSPS) is 14.8. The number of nitrogens with zero attached hydrogens (tertiary/aromatic N) is 7. The van der Waals surface area contributed by atoms with E-state index < -0.39 is 0 Å². The Balaban J connectivity index is 1.24. The number of aromatic nitrogens is 5. The standard InChI is InChI=1S/C21H21N7O2/c29-20(17-8-6-16(7-9-17)14-28-15-22-24-25-28)26-10-3-11-27(13-12-26)21-23-18-4-1-2-5-19(18)30-21/h1-2,4-9,15H,3,10-14H2. The predicted molar refractivity (Wildman–Crippen MR) is 110 cm³/mol. The number of rotatable bonds is 4. The molecule has 1 fully saturated rings. The molecule has 0 N–H and O–H groups in total. The fourth-order valence-corrected chi connectivity index (χ4v) is 3.68. The van der Waals surface area contributed by atoms with Gasteiger partial charge in [0.05, 0.1) is 6.54 Å². The number of oxazole rings is 1. The zero-order chi connectivity index (χ0) is 20.3. The highest BCUT2D eigenvalue weighted by Gasteiger charge is 2.22. The van der Waals surface area contributed by atoms with E-state index >= 15 is 0 Å². The summed E-state index contributed by atoms with van der Waals surface area (Å²) in [6.45, 7) is 3.41. The smallest absolute Gasteiger partial charge is 0.298 e. The van der Waals surface area contributed by atoms with Gasteiger partial charge in [-0.1, -0.05) is 24.3 Å². The van der Waals surface area contributed by atoms with Crippen LogP contribution in [0.4, 0.5) is 6.01 Å². The zero-order valence-electron chi connectivity index (χ0n) is 16.4. The number of amides is 1. The van der Waals surface area contributed by atoms with E-state index in [1.54, 1.807) is 11.0 Å². The van der Waals surface area contributed by atoms with Crippen molar-refractivity contribution in [2.75, 3.05) is 31.1 Å². The molecule has 5 rings (SSSR count). The van der Waals surface area contributed by atoms with E-state index in [-0.39, 0.29) is 5.91 Å². The van der Waals surface area contributed by atoms with Crippen LogP contribution in [0.2, 0.25) is 0 Å². The summed E-state index contributed by atoms with van der Waals surface area (Å²) in [6.07, 6.45) is 2.43. The monoisotopic (exact) mass is 403 g/mol. The summed E-state index contributed by atoms with van der Waals surface area (Å²) in [6, 6.07) is 16.0. The third kappa shape index (κ3) is 3.73. The summed E-state index contributed by atoms with van der Waals surface area (Å²) in [5.41, 5.74) is 3.36. The molecular weight excluding hydrogens is 382 g/mol. The van der Waals surface area contributed by atoms with Gasteiger partial charge in [-0.25, -0.2) is 4.68 Å². The first-order chi connectivity index (χ1) is 14.8. The number of para-hydroxylation sites is 2. The average molecular weight is 403 g/mol. The highest BCUT2D eigenvalue weighted by Crippen LogP contribution is 2.23. The zero-order valence-corrected chi connectivity index (χ0v) is 16.4. The second-order valence-corrected chi connectivity index (χ2v) is 7.30. The van der Waals surface area contributed by atoms with Crippen LogP contribution in [0, 0.1) is 0 Å². The minimum Gasteiger partial charge on any atom is -0.423 e. The van der Waals surface area contributed by atoms with Gasteiger partial charge in [0.1, 0.15) is 11.8 Å². The SMILES string of the molecule is O=C(c1ccc(Cn2cnnn2)cc1)N1CCCN(c2nc3ccccc3o2)CC1. The molecule has 152 valence electrons. The van der Waals surface area contributed by atoms with Crippen molar-refractivity contribution in [3.8, 4) is 0 Å². The van der Waals surface area contributed by atoms with Gasteiger partial charge in [-0.3, -0.25) is 4.79 Å². The Hall–Kier alpha value is -3.75. The molecule has 0 saturated carbocycles. The van der Waals surface area contributed by atoms with Crippen LogP contribution in [0.25, 0.3) is 11.1 Å². The first-order valence-electron chi connectivity index (χ1n) is 9.96. The number of hydrogen-bond acceptors (Lipinski definition) is 7. The van der Waals surface area contributed by atoms with Gasteiger partial charge in [0.15, 0.2) is 5.58 Å². The van der Waals surface area contributed by atoms with Gasteiger partial charge in [-0.15, -0.1) is 5.10 Å². The Morgan fingerprint density at radius 1 is 1.00 bits per heavy atom. The van der Waals surface area contributed by atoms with E-state index in [4.69, 9.17) is 4.42 Å². The molecule has 0 unspecified atom stereocenters. The lowest BCUT2D eigenvalue weighted by Gasteiger charge is -2.21. The molecule has 0 bridgehead atoms. The third-order valence-electron chi connectivity index (χ3n) is 5.27. The molecule has 2 aromatic carbocycles. The number of carbonyl (C=O) groups is 1. The van der Waals surface area contributed by atoms with Crippen molar-refractivity contribution in [3.63, 3.8) is 0 Å². The Morgan fingerprint density at radius 2 is 1.87 bits per heavy atom. The highest BCUT2D eigenvalue weighted by molar-refractivity contribution is 5.94. The van der Waals surface area contributed by atoms with Crippen LogP contribution in [0.5, 0.6) is 0 Å². The van der Waals surface area contributed by atoms with E-state index in [2.05, 4.69) is 25.4 Å². The summed E-state index contributed by atoms with van der Waals surface area (Å²) in [5.74, 6) is 0.0448. The Bertz CT molecular complexity index is 1100. The maximum absolute atomic E-state index is 13.0. The third-order valence-corrected chi connectivity index (χ3v) is 5.27. The molecule has 3 heterocycles. The molecule has 1 amide bonds. The lowest BCUT2D eigenvalue weighted by Crippen LogP contribution is -2.35. The Morgan fingerprint density at radius 3 is 2.67 bits per heavy atom. The molecule has 0 radical (unpaired) electrons. The molecular formula is C21H21N7O2. The summed E-state index contributed by atoms with van der Waals surface area (Å²) in [7, 11) is 0. The quantitative estimate of drug-likeness (QED) is 0.516. The molecule has 9 nitrogen and oxygen atoms in total. The number of carbonyl (C=O) groups excluding carboxylic acids is 1. The van der Waals surface area contributed by atoms with Crippen LogP contribution in [0.15, 0.2) is 59.3 Å². The van der Waals surface area contributed by atoms with Gasteiger partial charge in [0.2, 0.25) is 0 Å². The van der Waals surface area contributed by atoms with Crippen molar-refractivity contribution in [2.45, 2.75) is 13.0 Å². The van der Waals surface area contributed by atoms with Crippen molar-refractivity contribution in [2.24, 2.45) is 0 Å². The van der Waals surface area contributed by atoms with Crippen LogP contribution in [0.1, 0.15) is 22.3 Å². The van der Waals surface area contributed by atoms with Crippen LogP contribution >= 0.6 is 0 Å². The second kappa shape index (κ2) is 7.94. The Kier molecular flexibility index (Phi) is 4.84. The molecule has 1 aliphatic heterocycles. The molecule has 1 saturated heterocycles. The lowest BCUT2D eigenvalue weighted by atomic mass is 10.1. The highest BCUT2D eigenvalue weighted by atomic mass is 16.4. The van der Waals surface area contributed by atoms with Crippen LogP contribution in [-0.4, -0.2) is 62.2 Å². The van der Waals surface area contributed by atoms with Crippen molar-refractivity contribution in [1.82, 2.24) is 30.1 Å². The van der Waals surface area contributed by atoms with Gasteiger partial charge in [0, 0.05) is 31.7 Å². The van der Waals surface area contributed by atoms with E-state index in [9.17, 15) is 4.79 Å². The molecule has 9 heteroatoms. The van der Waals surface area contributed by atoms with E-state index in [1.807, 2.05) is 53.4 Å². The minimum atomic E-state index is 0.0448. The molecule has 4 aromatic rings. The van der Waals surface area contributed by atoms with Gasteiger partial charge < -0.3 is 14.2 Å². The molecule has 1 aliphatic rings. The number of benzene rings is 2. The van der Waals surface area contributed by atoms with Crippen molar-refractivity contribution in [3.05, 3.63) is 66.0 Å². The van der Waals surface area contributed by atoms with Crippen molar-refractivity contribution < 1.29 is 9.21 Å². The van der Waals surface area contributed by atoms with Crippen molar-refractivity contribution >= 4 is 23.0 Å². The van der Waals surface area contributed by atoms with Gasteiger partial charge in [-0.2, -0.15) is 4.98 Å².